The molecular formula is C11H13NO3. The Morgan fingerprint density at radius 3 is 2.40 bits per heavy atom. The molecule has 4 nitrogen and oxygen atoms in total. The van der Waals surface area contributed by atoms with Crippen LogP contribution in [0.3, 0.4) is 0 Å². The largest absolute Gasteiger partial charge is 0.412 e. The maximum absolute atomic E-state index is 11.8. The summed E-state index contributed by atoms with van der Waals surface area (Å²) < 4.78 is 0. The van der Waals surface area contributed by atoms with Crippen molar-refractivity contribution in [3.63, 3.8) is 0 Å². The number of benzene rings is 1. The lowest BCUT2D eigenvalue weighted by atomic mass is 10.2. The molecule has 0 bridgehead atoms. The summed E-state index contributed by atoms with van der Waals surface area (Å²) in [5.41, 5.74) is 0.586. The van der Waals surface area contributed by atoms with Crippen molar-refractivity contribution in [3.05, 3.63) is 35.9 Å². The quantitative estimate of drug-likeness (QED) is 0.633. The van der Waals surface area contributed by atoms with Crippen molar-refractivity contribution in [2.75, 3.05) is 6.54 Å². The molecule has 4 heteroatoms. The van der Waals surface area contributed by atoms with Gasteiger partial charge in [-0.15, -0.1) is 0 Å². The maximum Gasteiger partial charge on any atom is 0.260 e. The van der Waals surface area contributed by atoms with Crippen molar-refractivity contribution >= 4 is 11.8 Å². The summed E-state index contributed by atoms with van der Waals surface area (Å²) in [7, 11) is 0. The normalized spacial score (nSPS) is 14.9. The Balaban J connectivity index is 0.00000112. The van der Waals surface area contributed by atoms with E-state index in [0.29, 0.717) is 18.5 Å². The zero-order valence-electron chi connectivity index (χ0n) is 8.27. The van der Waals surface area contributed by atoms with Crippen molar-refractivity contribution in [1.82, 2.24) is 4.90 Å². The summed E-state index contributed by atoms with van der Waals surface area (Å²) in [6.45, 7) is 0.562. The number of hydrogen-bond donors (Lipinski definition) is 0. The van der Waals surface area contributed by atoms with Crippen LogP contribution >= 0.6 is 0 Å². The predicted molar refractivity (Wildman–Crippen MR) is 55.3 cm³/mol. The molecular weight excluding hydrogens is 194 g/mol. The van der Waals surface area contributed by atoms with Gasteiger partial charge in [0.25, 0.3) is 5.91 Å². The second kappa shape index (κ2) is 4.70. The molecule has 15 heavy (non-hydrogen) atoms. The van der Waals surface area contributed by atoms with Gasteiger partial charge in [0.2, 0.25) is 5.91 Å². The van der Waals surface area contributed by atoms with Crippen LogP contribution in [0.25, 0.3) is 0 Å². The van der Waals surface area contributed by atoms with E-state index >= 15 is 0 Å². The van der Waals surface area contributed by atoms with Gasteiger partial charge in [-0.2, -0.15) is 0 Å². The van der Waals surface area contributed by atoms with E-state index in [2.05, 4.69) is 0 Å². The van der Waals surface area contributed by atoms with E-state index in [-0.39, 0.29) is 17.3 Å². The molecule has 2 N–H and O–H groups in total. The Labute approximate surface area is 87.8 Å². The first kappa shape index (κ1) is 11.4. The summed E-state index contributed by atoms with van der Waals surface area (Å²) in [5.74, 6) is -0.230. The van der Waals surface area contributed by atoms with E-state index in [9.17, 15) is 9.59 Å². The first-order valence-corrected chi connectivity index (χ1v) is 4.69. The molecule has 80 valence electrons. The highest BCUT2D eigenvalue weighted by Crippen LogP contribution is 2.13. The molecule has 0 atom stereocenters. The third-order valence-corrected chi connectivity index (χ3v) is 2.34. The van der Waals surface area contributed by atoms with Crippen molar-refractivity contribution in [1.29, 1.82) is 0 Å². The van der Waals surface area contributed by atoms with E-state index in [1.807, 2.05) is 6.07 Å². The van der Waals surface area contributed by atoms with Crippen LogP contribution in [0.2, 0.25) is 0 Å². The molecule has 2 rings (SSSR count). The molecule has 0 aromatic heterocycles. The molecule has 2 amide bonds. The van der Waals surface area contributed by atoms with Crippen LogP contribution in [-0.2, 0) is 4.79 Å². The molecule has 0 spiro atoms. The summed E-state index contributed by atoms with van der Waals surface area (Å²) in [4.78, 5) is 24.4. The van der Waals surface area contributed by atoms with E-state index in [4.69, 9.17) is 0 Å². The Kier molecular flexibility index (Phi) is 3.57. The molecule has 0 saturated carbocycles. The summed E-state index contributed by atoms with van der Waals surface area (Å²) in [5, 5.41) is 0. The third-order valence-electron chi connectivity index (χ3n) is 2.34. The van der Waals surface area contributed by atoms with E-state index in [1.165, 1.54) is 4.90 Å². The van der Waals surface area contributed by atoms with Gasteiger partial charge in [0.1, 0.15) is 0 Å². The van der Waals surface area contributed by atoms with E-state index < -0.39 is 0 Å². The molecule has 0 aliphatic carbocycles. The van der Waals surface area contributed by atoms with Gasteiger partial charge in [-0.3, -0.25) is 14.5 Å². The van der Waals surface area contributed by atoms with Crippen molar-refractivity contribution in [3.8, 4) is 0 Å². The summed E-state index contributed by atoms with van der Waals surface area (Å²) >= 11 is 0. The van der Waals surface area contributed by atoms with Gasteiger partial charge in [-0.1, -0.05) is 18.2 Å². The number of amides is 2. The fraction of sp³-hybridized carbons (Fsp3) is 0.273. The summed E-state index contributed by atoms with van der Waals surface area (Å²) in [6, 6.07) is 8.91. The van der Waals surface area contributed by atoms with Gasteiger partial charge in [0, 0.05) is 18.5 Å². The van der Waals surface area contributed by atoms with Crippen molar-refractivity contribution in [2.45, 2.75) is 12.8 Å². The minimum atomic E-state index is -0.173. The second-order valence-corrected chi connectivity index (χ2v) is 3.32. The lowest BCUT2D eigenvalue weighted by molar-refractivity contribution is -0.125. The average Bonchev–Trinajstić information content (AvgIpc) is 2.65. The zero-order chi connectivity index (χ0) is 9.97. The number of imide groups is 1. The molecule has 1 aliphatic rings. The number of carbonyl (C=O) groups is 2. The van der Waals surface area contributed by atoms with Crippen LogP contribution in [0.5, 0.6) is 0 Å². The fourth-order valence-electron chi connectivity index (χ4n) is 1.60. The van der Waals surface area contributed by atoms with Gasteiger partial charge in [-0.25, -0.2) is 0 Å². The Morgan fingerprint density at radius 2 is 1.87 bits per heavy atom. The topological polar surface area (TPSA) is 68.9 Å². The van der Waals surface area contributed by atoms with Crippen LogP contribution in [-0.4, -0.2) is 28.7 Å². The van der Waals surface area contributed by atoms with Crippen molar-refractivity contribution in [2.24, 2.45) is 0 Å². The van der Waals surface area contributed by atoms with Crippen LogP contribution in [0.1, 0.15) is 23.2 Å². The fourth-order valence-corrected chi connectivity index (χ4v) is 1.60. The standard InChI is InChI=1S/C11H11NO2.H2O/c13-10-7-4-8-12(10)11(14)9-5-2-1-3-6-9;/h1-3,5-6H,4,7-8H2;1H2. The molecule has 1 aromatic rings. The molecule has 0 unspecified atom stereocenters. The van der Waals surface area contributed by atoms with Gasteiger partial charge >= 0.3 is 0 Å². The van der Waals surface area contributed by atoms with Crippen LogP contribution in [0.4, 0.5) is 0 Å². The molecule has 1 fully saturated rings. The maximum atomic E-state index is 11.8. The van der Waals surface area contributed by atoms with Gasteiger partial charge in [0.15, 0.2) is 0 Å². The first-order valence-electron chi connectivity index (χ1n) is 4.69. The van der Waals surface area contributed by atoms with Gasteiger partial charge in [-0.05, 0) is 18.6 Å². The number of hydrogen-bond acceptors (Lipinski definition) is 2. The van der Waals surface area contributed by atoms with E-state index in [1.54, 1.807) is 24.3 Å². The number of rotatable bonds is 1. The van der Waals surface area contributed by atoms with Gasteiger partial charge < -0.3 is 5.48 Å². The van der Waals surface area contributed by atoms with Crippen LogP contribution < -0.4 is 0 Å². The Morgan fingerprint density at radius 1 is 1.20 bits per heavy atom. The second-order valence-electron chi connectivity index (χ2n) is 3.32. The Hall–Kier alpha value is -1.68. The smallest absolute Gasteiger partial charge is 0.260 e. The molecule has 1 aliphatic heterocycles. The van der Waals surface area contributed by atoms with E-state index in [0.717, 1.165) is 6.42 Å². The first-order chi connectivity index (χ1) is 6.79. The molecule has 1 heterocycles. The van der Waals surface area contributed by atoms with Crippen LogP contribution in [0.15, 0.2) is 30.3 Å². The highest BCUT2D eigenvalue weighted by Gasteiger charge is 2.26. The SMILES string of the molecule is O.O=C1CCCN1C(=O)c1ccccc1. The predicted octanol–water partition coefficient (Wildman–Crippen LogP) is 0.625. The monoisotopic (exact) mass is 207 g/mol. The molecule has 0 radical (unpaired) electrons. The third kappa shape index (κ3) is 2.22. The summed E-state index contributed by atoms with van der Waals surface area (Å²) in [6.07, 6.45) is 1.29. The number of carbonyl (C=O) groups excluding carboxylic acids is 2. The minimum Gasteiger partial charge on any atom is -0.412 e. The highest BCUT2D eigenvalue weighted by molar-refractivity contribution is 6.05. The number of nitrogens with zero attached hydrogens (tertiary/aromatic N) is 1. The number of likely N-dealkylation sites (tertiary alicyclic amines) is 1. The molecule has 1 aromatic carbocycles. The van der Waals surface area contributed by atoms with Gasteiger partial charge in [0.05, 0.1) is 0 Å². The lowest BCUT2D eigenvalue weighted by Gasteiger charge is -2.12. The lowest BCUT2D eigenvalue weighted by Crippen LogP contribution is -2.31. The molecule has 1 saturated heterocycles. The Bertz CT molecular complexity index is 361. The van der Waals surface area contributed by atoms with Crippen LogP contribution in [0, 0.1) is 0 Å². The van der Waals surface area contributed by atoms with Crippen molar-refractivity contribution < 1.29 is 15.1 Å². The zero-order valence-corrected chi connectivity index (χ0v) is 8.27. The minimum absolute atomic E-state index is 0. The average molecular weight is 207 g/mol. The highest BCUT2D eigenvalue weighted by atomic mass is 16.2.